The van der Waals surface area contributed by atoms with Crippen molar-refractivity contribution in [3.8, 4) is 0 Å². The molecule has 0 atom stereocenters. The van der Waals surface area contributed by atoms with Crippen LogP contribution in [0, 0.1) is 6.92 Å². The molecule has 0 saturated carbocycles. The van der Waals surface area contributed by atoms with E-state index in [4.69, 9.17) is 11.6 Å². The van der Waals surface area contributed by atoms with E-state index in [1.165, 1.54) is 0 Å². The summed E-state index contributed by atoms with van der Waals surface area (Å²) in [6.45, 7) is 4.34. The Morgan fingerprint density at radius 1 is 1.16 bits per heavy atom. The van der Waals surface area contributed by atoms with E-state index in [2.05, 4.69) is 15.3 Å². The lowest BCUT2D eigenvalue weighted by molar-refractivity contribution is -0.118. The number of anilines is 2. The molecule has 1 N–H and O–H groups in total. The van der Waals surface area contributed by atoms with Crippen LogP contribution in [0.3, 0.4) is 0 Å². The molecule has 0 unspecified atom stereocenters. The summed E-state index contributed by atoms with van der Waals surface area (Å²) in [5.41, 5.74) is 1.66. The van der Waals surface area contributed by atoms with Gasteiger partial charge in [-0.15, -0.1) is 0 Å². The van der Waals surface area contributed by atoms with Crippen LogP contribution in [0.15, 0.2) is 30.3 Å². The monoisotopic (exact) mass is 359 g/mol. The zero-order chi connectivity index (χ0) is 17.8. The van der Waals surface area contributed by atoms with Gasteiger partial charge in [0.25, 0.3) is 5.91 Å². The summed E-state index contributed by atoms with van der Waals surface area (Å²) < 4.78 is 0. The number of nitrogens with one attached hydrogen (secondary N) is 1. The Labute approximate surface area is 150 Å². The van der Waals surface area contributed by atoms with Gasteiger partial charge in [-0.3, -0.25) is 9.59 Å². The SMILES string of the molecule is Cc1cc(C(=O)Nc2ccc(Cl)cc2)nc(N2CCN(C=O)CC2)n1. The van der Waals surface area contributed by atoms with Crippen LogP contribution < -0.4 is 10.2 Å². The van der Waals surface area contributed by atoms with Crippen LogP contribution in [-0.4, -0.2) is 53.4 Å². The minimum absolute atomic E-state index is 0.301. The van der Waals surface area contributed by atoms with Gasteiger partial charge in [0.05, 0.1) is 0 Å². The number of carbonyl (C=O) groups excluding carboxylic acids is 2. The van der Waals surface area contributed by atoms with E-state index in [9.17, 15) is 9.59 Å². The van der Waals surface area contributed by atoms with Gasteiger partial charge in [0, 0.05) is 42.6 Å². The van der Waals surface area contributed by atoms with Crippen molar-refractivity contribution in [3.05, 3.63) is 46.7 Å². The highest BCUT2D eigenvalue weighted by molar-refractivity contribution is 6.30. The smallest absolute Gasteiger partial charge is 0.274 e. The first-order valence-corrected chi connectivity index (χ1v) is 8.30. The lowest BCUT2D eigenvalue weighted by Gasteiger charge is -2.32. The quantitative estimate of drug-likeness (QED) is 0.844. The molecule has 2 amide bonds. The number of aromatic nitrogens is 2. The topological polar surface area (TPSA) is 78.4 Å². The van der Waals surface area contributed by atoms with E-state index >= 15 is 0 Å². The van der Waals surface area contributed by atoms with Crippen molar-refractivity contribution >= 4 is 35.6 Å². The summed E-state index contributed by atoms with van der Waals surface area (Å²) in [4.78, 5) is 35.8. The zero-order valence-electron chi connectivity index (χ0n) is 13.8. The maximum absolute atomic E-state index is 12.5. The number of carbonyl (C=O) groups is 2. The summed E-state index contributed by atoms with van der Waals surface area (Å²) >= 11 is 5.85. The average molecular weight is 360 g/mol. The number of nitrogens with zero attached hydrogens (tertiary/aromatic N) is 4. The van der Waals surface area contributed by atoms with Crippen molar-refractivity contribution in [2.75, 3.05) is 36.4 Å². The van der Waals surface area contributed by atoms with Crippen LogP contribution >= 0.6 is 11.6 Å². The molecule has 0 spiro atoms. The molecule has 1 saturated heterocycles. The zero-order valence-corrected chi connectivity index (χ0v) is 14.5. The van der Waals surface area contributed by atoms with E-state index in [1.807, 2.05) is 11.8 Å². The molecular formula is C17H18ClN5O2. The summed E-state index contributed by atoms with van der Waals surface area (Å²) in [6.07, 6.45) is 0.847. The largest absolute Gasteiger partial charge is 0.342 e. The Balaban J connectivity index is 1.75. The minimum Gasteiger partial charge on any atom is -0.342 e. The first-order valence-electron chi connectivity index (χ1n) is 7.92. The van der Waals surface area contributed by atoms with E-state index in [0.717, 1.165) is 6.41 Å². The molecule has 7 nitrogen and oxygen atoms in total. The van der Waals surface area contributed by atoms with Crippen LogP contribution in [0.2, 0.25) is 5.02 Å². The van der Waals surface area contributed by atoms with Crippen LogP contribution in [0.25, 0.3) is 0 Å². The number of rotatable bonds is 4. The summed E-state index contributed by atoms with van der Waals surface area (Å²) in [7, 11) is 0. The predicted octanol–water partition coefficient (Wildman–Crippen LogP) is 1.97. The van der Waals surface area contributed by atoms with E-state index in [-0.39, 0.29) is 5.91 Å². The van der Waals surface area contributed by atoms with Gasteiger partial charge in [0.1, 0.15) is 5.69 Å². The third-order valence-corrected chi connectivity index (χ3v) is 4.18. The molecule has 8 heteroatoms. The maximum atomic E-state index is 12.5. The van der Waals surface area contributed by atoms with Crippen LogP contribution in [0.5, 0.6) is 0 Å². The molecule has 3 rings (SSSR count). The van der Waals surface area contributed by atoms with Crippen molar-refractivity contribution in [2.24, 2.45) is 0 Å². The second-order valence-corrected chi connectivity index (χ2v) is 6.22. The Kier molecular flexibility index (Phi) is 5.14. The Morgan fingerprint density at radius 2 is 1.84 bits per heavy atom. The van der Waals surface area contributed by atoms with E-state index in [0.29, 0.717) is 54.2 Å². The molecule has 1 aromatic heterocycles. The van der Waals surface area contributed by atoms with E-state index < -0.39 is 0 Å². The molecule has 130 valence electrons. The van der Waals surface area contributed by atoms with Gasteiger partial charge in [0.15, 0.2) is 0 Å². The third kappa shape index (κ3) is 4.24. The van der Waals surface area contributed by atoms with Gasteiger partial charge in [-0.05, 0) is 37.3 Å². The molecule has 1 aromatic carbocycles. The first kappa shape index (κ1) is 17.2. The molecule has 0 aliphatic carbocycles. The summed E-state index contributed by atoms with van der Waals surface area (Å²) in [5.74, 6) is 0.201. The molecule has 1 fully saturated rings. The molecule has 0 bridgehead atoms. The molecule has 25 heavy (non-hydrogen) atoms. The lowest BCUT2D eigenvalue weighted by Crippen LogP contribution is -2.46. The molecular weight excluding hydrogens is 342 g/mol. The lowest BCUT2D eigenvalue weighted by atomic mass is 10.2. The molecule has 2 heterocycles. The van der Waals surface area contributed by atoms with Crippen molar-refractivity contribution in [3.63, 3.8) is 0 Å². The normalized spacial score (nSPS) is 14.3. The van der Waals surface area contributed by atoms with Crippen LogP contribution in [0.4, 0.5) is 11.6 Å². The number of hydrogen-bond acceptors (Lipinski definition) is 5. The highest BCUT2D eigenvalue weighted by Crippen LogP contribution is 2.16. The number of amides is 2. The van der Waals surface area contributed by atoms with Crippen LogP contribution in [-0.2, 0) is 4.79 Å². The van der Waals surface area contributed by atoms with Gasteiger partial charge in [-0.25, -0.2) is 9.97 Å². The fourth-order valence-corrected chi connectivity index (χ4v) is 2.69. The van der Waals surface area contributed by atoms with Gasteiger partial charge in [-0.1, -0.05) is 11.6 Å². The second kappa shape index (κ2) is 7.48. The Hall–Kier alpha value is -2.67. The average Bonchev–Trinajstić information content (AvgIpc) is 2.63. The highest BCUT2D eigenvalue weighted by atomic mass is 35.5. The van der Waals surface area contributed by atoms with Crippen molar-refractivity contribution in [1.82, 2.24) is 14.9 Å². The van der Waals surface area contributed by atoms with Gasteiger partial charge < -0.3 is 15.1 Å². The predicted molar refractivity (Wildman–Crippen MR) is 96.0 cm³/mol. The third-order valence-electron chi connectivity index (χ3n) is 3.92. The fraction of sp³-hybridized carbons (Fsp3) is 0.294. The number of piperazine rings is 1. The van der Waals surface area contributed by atoms with Gasteiger partial charge in [-0.2, -0.15) is 0 Å². The summed E-state index contributed by atoms with van der Waals surface area (Å²) in [6, 6.07) is 8.53. The molecule has 1 aliphatic heterocycles. The number of benzene rings is 1. The number of aryl methyl sites for hydroxylation is 1. The van der Waals surface area contributed by atoms with Crippen molar-refractivity contribution in [1.29, 1.82) is 0 Å². The van der Waals surface area contributed by atoms with Gasteiger partial charge >= 0.3 is 0 Å². The van der Waals surface area contributed by atoms with Crippen LogP contribution in [0.1, 0.15) is 16.2 Å². The first-order chi connectivity index (χ1) is 12.0. The van der Waals surface area contributed by atoms with Crippen molar-refractivity contribution < 1.29 is 9.59 Å². The molecule has 0 radical (unpaired) electrons. The number of hydrogen-bond donors (Lipinski definition) is 1. The molecule has 2 aromatic rings. The van der Waals surface area contributed by atoms with Crippen molar-refractivity contribution in [2.45, 2.75) is 6.92 Å². The van der Waals surface area contributed by atoms with Gasteiger partial charge in [0.2, 0.25) is 12.4 Å². The Morgan fingerprint density at radius 3 is 2.48 bits per heavy atom. The highest BCUT2D eigenvalue weighted by Gasteiger charge is 2.20. The molecule has 1 aliphatic rings. The second-order valence-electron chi connectivity index (χ2n) is 5.78. The standard InChI is InChI=1S/C17H18ClN5O2/c1-12-10-15(16(25)20-14-4-2-13(18)3-5-14)21-17(19-12)23-8-6-22(11-24)7-9-23/h2-5,10-11H,6-9H2,1H3,(H,20,25). The van der Waals surface area contributed by atoms with E-state index in [1.54, 1.807) is 35.2 Å². The minimum atomic E-state index is -0.305. The number of halogens is 1. The Bertz CT molecular complexity index is 773. The fourth-order valence-electron chi connectivity index (χ4n) is 2.57. The maximum Gasteiger partial charge on any atom is 0.274 e. The summed E-state index contributed by atoms with van der Waals surface area (Å²) in [5, 5.41) is 3.40.